The highest BCUT2D eigenvalue weighted by molar-refractivity contribution is 5.78. The number of hydrogen-bond donors (Lipinski definition) is 3. The maximum atomic E-state index is 13.1. The number of carbonyl (C=O) groups is 2. The maximum absolute atomic E-state index is 13.1. The lowest BCUT2D eigenvalue weighted by molar-refractivity contribution is -0.148. The standard InChI is InChI=1S/C50H93NO5/c1-4-7-10-13-16-19-22-24-25-27-30-33-36-39-42-48(53)47(45-52)51-49(54)44-46(41-38-35-32-29-26-21-18-15-12-9-6-3)56-50(55)43-40-37-34-31-28-23-20-17-14-11-8-5-2/h17,20,29,32,38,41,46-48,52-53H,4-16,18-19,21-28,30-31,33-37,39-40,42-45H2,1-3H3,(H,51,54)/b20-17-,32-29-,41-38+. The van der Waals surface area contributed by atoms with Gasteiger partial charge in [0.1, 0.15) is 6.10 Å². The number of nitrogens with one attached hydrogen (secondary N) is 1. The number of carbonyl (C=O) groups excluding carboxylic acids is 2. The molecule has 0 radical (unpaired) electrons. The zero-order valence-electron chi connectivity index (χ0n) is 37.3. The molecule has 3 atom stereocenters. The molecule has 0 aromatic heterocycles. The lowest BCUT2D eigenvalue weighted by Crippen LogP contribution is -2.46. The third-order valence-electron chi connectivity index (χ3n) is 10.9. The molecule has 0 saturated carbocycles. The topological polar surface area (TPSA) is 95.9 Å². The minimum atomic E-state index is -0.809. The number of unbranched alkanes of at least 4 members (excludes halogenated alkanes) is 27. The first-order valence-corrected chi connectivity index (χ1v) is 24.2. The molecule has 0 heterocycles. The Bertz CT molecular complexity index is 930. The van der Waals surface area contributed by atoms with E-state index in [4.69, 9.17) is 4.74 Å². The summed E-state index contributed by atoms with van der Waals surface area (Å²) in [4.78, 5) is 25.9. The predicted octanol–water partition coefficient (Wildman–Crippen LogP) is 14.1. The van der Waals surface area contributed by atoms with Crippen LogP contribution in [0.4, 0.5) is 0 Å². The van der Waals surface area contributed by atoms with Crippen molar-refractivity contribution in [1.82, 2.24) is 5.32 Å². The Labute approximate surface area is 347 Å². The Hall–Kier alpha value is -1.92. The molecule has 56 heavy (non-hydrogen) atoms. The molecule has 0 aromatic rings. The fraction of sp³-hybridized carbons (Fsp3) is 0.840. The van der Waals surface area contributed by atoms with Crippen molar-refractivity contribution in [1.29, 1.82) is 0 Å². The van der Waals surface area contributed by atoms with Gasteiger partial charge < -0.3 is 20.3 Å². The van der Waals surface area contributed by atoms with E-state index in [0.29, 0.717) is 12.8 Å². The van der Waals surface area contributed by atoms with Crippen LogP contribution >= 0.6 is 0 Å². The van der Waals surface area contributed by atoms with Crippen molar-refractivity contribution in [2.24, 2.45) is 0 Å². The van der Waals surface area contributed by atoms with E-state index in [1.54, 1.807) is 0 Å². The Morgan fingerprint density at radius 3 is 1.45 bits per heavy atom. The molecule has 0 aliphatic rings. The van der Waals surface area contributed by atoms with Gasteiger partial charge >= 0.3 is 5.97 Å². The van der Waals surface area contributed by atoms with Crippen molar-refractivity contribution in [3.05, 3.63) is 36.5 Å². The number of hydrogen-bond acceptors (Lipinski definition) is 5. The Morgan fingerprint density at radius 1 is 0.536 bits per heavy atom. The molecule has 0 bridgehead atoms. The van der Waals surface area contributed by atoms with Crippen LogP contribution in [0.5, 0.6) is 0 Å². The lowest BCUT2D eigenvalue weighted by atomic mass is 10.0. The number of amides is 1. The van der Waals surface area contributed by atoms with Crippen LogP contribution in [-0.4, -0.2) is 46.9 Å². The highest BCUT2D eigenvalue weighted by atomic mass is 16.5. The molecule has 0 saturated heterocycles. The number of esters is 1. The Kier molecular flexibility index (Phi) is 42.7. The number of aliphatic hydroxyl groups excluding tert-OH is 2. The molecule has 3 unspecified atom stereocenters. The van der Waals surface area contributed by atoms with Crippen molar-refractivity contribution in [3.63, 3.8) is 0 Å². The van der Waals surface area contributed by atoms with Crippen molar-refractivity contribution in [3.8, 4) is 0 Å². The van der Waals surface area contributed by atoms with Crippen molar-refractivity contribution < 1.29 is 24.5 Å². The number of allylic oxidation sites excluding steroid dienone is 5. The normalized spacial score (nSPS) is 13.6. The summed E-state index contributed by atoms with van der Waals surface area (Å²) in [6, 6.07) is -0.730. The van der Waals surface area contributed by atoms with Gasteiger partial charge in [0.15, 0.2) is 0 Å². The van der Waals surface area contributed by atoms with Crippen LogP contribution in [0.3, 0.4) is 0 Å². The van der Waals surface area contributed by atoms with Crippen molar-refractivity contribution in [2.45, 2.75) is 264 Å². The molecule has 6 heteroatoms. The average Bonchev–Trinajstić information content (AvgIpc) is 3.19. The van der Waals surface area contributed by atoms with Crippen molar-refractivity contribution >= 4 is 11.9 Å². The third kappa shape index (κ3) is 38.9. The molecular formula is C50H93NO5. The van der Waals surface area contributed by atoms with Gasteiger partial charge in [0.25, 0.3) is 0 Å². The second kappa shape index (κ2) is 44.2. The second-order valence-electron chi connectivity index (χ2n) is 16.5. The summed E-state index contributed by atoms with van der Waals surface area (Å²) < 4.78 is 5.80. The number of ether oxygens (including phenoxy) is 1. The van der Waals surface area contributed by atoms with Crippen LogP contribution in [0.2, 0.25) is 0 Å². The summed E-state index contributed by atoms with van der Waals surface area (Å²) in [6.45, 7) is 6.41. The highest BCUT2D eigenvalue weighted by Crippen LogP contribution is 2.16. The SMILES string of the molecule is CCCCC/C=C\CCCCCCCC(=O)OC(/C=C/C/C=C\CCCCCCCC)CC(=O)NC(CO)C(O)CCCCCCCCCCCCCCCC. The van der Waals surface area contributed by atoms with E-state index >= 15 is 0 Å². The van der Waals surface area contributed by atoms with E-state index in [1.807, 2.05) is 12.2 Å². The summed E-state index contributed by atoms with van der Waals surface area (Å²) in [6.07, 6.45) is 50.9. The summed E-state index contributed by atoms with van der Waals surface area (Å²) in [5, 5.41) is 23.6. The third-order valence-corrected chi connectivity index (χ3v) is 10.9. The van der Waals surface area contributed by atoms with E-state index < -0.39 is 18.2 Å². The van der Waals surface area contributed by atoms with Gasteiger partial charge in [0.2, 0.25) is 5.91 Å². The van der Waals surface area contributed by atoms with Crippen LogP contribution in [0.25, 0.3) is 0 Å². The number of aliphatic hydroxyl groups is 2. The highest BCUT2D eigenvalue weighted by Gasteiger charge is 2.23. The van der Waals surface area contributed by atoms with Gasteiger partial charge in [0, 0.05) is 6.42 Å². The van der Waals surface area contributed by atoms with E-state index in [9.17, 15) is 19.8 Å². The lowest BCUT2D eigenvalue weighted by Gasteiger charge is -2.23. The van der Waals surface area contributed by atoms with Gasteiger partial charge in [-0.15, -0.1) is 0 Å². The second-order valence-corrected chi connectivity index (χ2v) is 16.5. The Morgan fingerprint density at radius 2 is 0.946 bits per heavy atom. The summed E-state index contributed by atoms with van der Waals surface area (Å²) in [5.74, 6) is -0.609. The Balaban J connectivity index is 4.62. The summed E-state index contributed by atoms with van der Waals surface area (Å²) in [5.41, 5.74) is 0. The molecule has 328 valence electrons. The summed E-state index contributed by atoms with van der Waals surface area (Å²) >= 11 is 0. The van der Waals surface area contributed by atoms with Gasteiger partial charge in [-0.3, -0.25) is 9.59 Å². The molecule has 0 aromatic carbocycles. The van der Waals surface area contributed by atoms with E-state index in [1.165, 1.54) is 148 Å². The molecule has 0 spiro atoms. The smallest absolute Gasteiger partial charge is 0.306 e. The monoisotopic (exact) mass is 788 g/mol. The van der Waals surface area contributed by atoms with Gasteiger partial charge in [-0.1, -0.05) is 205 Å². The van der Waals surface area contributed by atoms with Crippen LogP contribution < -0.4 is 5.32 Å². The zero-order chi connectivity index (χ0) is 41.0. The fourth-order valence-electron chi connectivity index (χ4n) is 7.21. The van der Waals surface area contributed by atoms with Gasteiger partial charge in [-0.05, 0) is 63.9 Å². The molecular weight excluding hydrogens is 695 g/mol. The van der Waals surface area contributed by atoms with E-state index in [0.717, 1.165) is 57.8 Å². The van der Waals surface area contributed by atoms with E-state index in [2.05, 4.69) is 50.4 Å². The first kappa shape index (κ1) is 54.1. The van der Waals surface area contributed by atoms with Crippen LogP contribution in [-0.2, 0) is 14.3 Å². The largest absolute Gasteiger partial charge is 0.458 e. The number of rotatable bonds is 43. The molecule has 0 rings (SSSR count). The fourth-order valence-corrected chi connectivity index (χ4v) is 7.21. The zero-order valence-corrected chi connectivity index (χ0v) is 37.3. The molecule has 0 aliphatic heterocycles. The maximum Gasteiger partial charge on any atom is 0.306 e. The van der Waals surface area contributed by atoms with Gasteiger partial charge in [0.05, 0.1) is 25.2 Å². The first-order valence-electron chi connectivity index (χ1n) is 24.2. The molecule has 6 nitrogen and oxygen atoms in total. The molecule has 1 amide bonds. The van der Waals surface area contributed by atoms with Crippen LogP contribution in [0, 0.1) is 0 Å². The average molecular weight is 788 g/mol. The van der Waals surface area contributed by atoms with E-state index in [-0.39, 0.29) is 24.9 Å². The minimum Gasteiger partial charge on any atom is -0.458 e. The minimum absolute atomic E-state index is 0.0300. The predicted molar refractivity (Wildman–Crippen MR) is 241 cm³/mol. The summed E-state index contributed by atoms with van der Waals surface area (Å²) in [7, 11) is 0. The van der Waals surface area contributed by atoms with Crippen LogP contribution in [0.15, 0.2) is 36.5 Å². The molecule has 0 aliphatic carbocycles. The van der Waals surface area contributed by atoms with Gasteiger partial charge in [-0.2, -0.15) is 0 Å². The first-order chi connectivity index (χ1) is 27.5. The van der Waals surface area contributed by atoms with Crippen LogP contribution in [0.1, 0.15) is 245 Å². The quantitative estimate of drug-likeness (QED) is 0.0325. The van der Waals surface area contributed by atoms with Crippen molar-refractivity contribution in [2.75, 3.05) is 6.61 Å². The molecule has 3 N–H and O–H groups in total. The molecule has 0 fully saturated rings. The van der Waals surface area contributed by atoms with Gasteiger partial charge in [-0.25, -0.2) is 0 Å².